The molecule has 4 rings (SSSR count). The Labute approximate surface area is 197 Å². The fourth-order valence-electron chi connectivity index (χ4n) is 4.71. The van der Waals surface area contributed by atoms with E-state index in [1.165, 1.54) is 29.9 Å². The summed E-state index contributed by atoms with van der Waals surface area (Å²) in [4.78, 5) is 10.3. The average molecular weight is 531 g/mol. The van der Waals surface area contributed by atoms with Crippen LogP contribution in [-0.4, -0.2) is 85.3 Å². The molecule has 2 atom stereocenters. The number of thioether (sulfide) groups is 1. The highest BCUT2D eigenvalue weighted by molar-refractivity contribution is 14.0. The highest BCUT2D eigenvalue weighted by atomic mass is 127. The minimum atomic E-state index is 0. The minimum Gasteiger partial charge on any atom is -0.379 e. The van der Waals surface area contributed by atoms with Crippen LogP contribution >= 0.6 is 35.7 Å². The standard InChI is InChI=1S/C22H34N4OS.HI/c1-2-23-21(25-10-8-20(16-25)19-6-4-3-5-7-19)24-17-22(9-15-28-18-22)26-11-13-27-14-12-26;/h3-7,20H,2,8-18H2,1H3,(H,23,24);1H. The predicted molar refractivity (Wildman–Crippen MR) is 134 cm³/mol. The van der Waals surface area contributed by atoms with E-state index in [4.69, 9.17) is 9.73 Å². The monoisotopic (exact) mass is 530 g/mol. The van der Waals surface area contributed by atoms with Crippen molar-refractivity contribution in [3.8, 4) is 0 Å². The van der Waals surface area contributed by atoms with E-state index >= 15 is 0 Å². The van der Waals surface area contributed by atoms with E-state index in [0.29, 0.717) is 5.92 Å². The molecule has 0 aromatic heterocycles. The van der Waals surface area contributed by atoms with E-state index in [1.54, 1.807) is 0 Å². The Morgan fingerprint density at radius 3 is 2.72 bits per heavy atom. The van der Waals surface area contributed by atoms with Crippen molar-refractivity contribution in [3.05, 3.63) is 35.9 Å². The van der Waals surface area contributed by atoms with Gasteiger partial charge in [0.05, 0.1) is 25.3 Å². The molecule has 1 aromatic rings. The number of likely N-dealkylation sites (tertiary alicyclic amines) is 1. The zero-order valence-corrected chi connectivity index (χ0v) is 20.7. The van der Waals surface area contributed by atoms with Crippen molar-refractivity contribution in [1.82, 2.24) is 15.1 Å². The Kier molecular flexibility index (Phi) is 8.95. The molecule has 0 radical (unpaired) electrons. The summed E-state index contributed by atoms with van der Waals surface area (Å²) in [6.45, 7) is 9.96. The number of hydrogen-bond donors (Lipinski definition) is 1. The fourth-order valence-corrected chi connectivity index (χ4v) is 6.17. The molecule has 1 N–H and O–H groups in total. The van der Waals surface area contributed by atoms with Crippen molar-refractivity contribution < 1.29 is 4.74 Å². The third-order valence-electron chi connectivity index (χ3n) is 6.38. The van der Waals surface area contributed by atoms with Gasteiger partial charge >= 0.3 is 0 Å². The zero-order chi connectivity index (χ0) is 19.2. The normalized spacial score (nSPS) is 28.4. The first-order valence-corrected chi connectivity index (χ1v) is 11.9. The van der Waals surface area contributed by atoms with Crippen LogP contribution in [0.2, 0.25) is 0 Å². The number of guanidine groups is 1. The van der Waals surface area contributed by atoms with Crippen LogP contribution < -0.4 is 5.32 Å². The van der Waals surface area contributed by atoms with Crippen LogP contribution in [0.1, 0.15) is 31.2 Å². The van der Waals surface area contributed by atoms with Gasteiger partial charge < -0.3 is 15.0 Å². The average Bonchev–Trinajstić information content (AvgIpc) is 3.43. The molecular formula is C22H35IN4OS. The van der Waals surface area contributed by atoms with E-state index in [-0.39, 0.29) is 29.5 Å². The topological polar surface area (TPSA) is 40.1 Å². The van der Waals surface area contributed by atoms with Crippen LogP contribution in [-0.2, 0) is 4.74 Å². The van der Waals surface area contributed by atoms with E-state index in [0.717, 1.165) is 58.4 Å². The number of nitrogens with one attached hydrogen (secondary N) is 1. The molecule has 29 heavy (non-hydrogen) atoms. The molecule has 0 amide bonds. The Hall–Kier alpha value is -0.510. The summed E-state index contributed by atoms with van der Waals surface area (Å²) in [6.07, 6.45) is 2.45. The molecule has 0 bridgehead atoms. The van der Waals surface area contributed by atoms with Gasteiger partial charge in [0.15, 0.2) is 5.96 Å². The van der Waals surface area contributed by atoms with E-state index in [1.807, 2.05) is 0 Å². The summed E-state index contributed by atoms with van der Waals surface area (Å²) in [6, 6.07) is 10.9. The maximum Gasteiger partial charge on any atom is 0.194 e. The van der Waals surface area contributed by atoms with Crippen molar-refractivity contribution in [2.45, 2.75) is 31.2 Å². The highest BCUT2D eigenvalue weighted by Crippen LogP contribution is 2.34. The van der Waals surface area contributed by atoms with E-state index in [2.05, 4.69) is 64.1 Å². The molecule has 3 saturated heterocycles. The van der Waals surface area contributed by atoms with Gasteiger partial charge in [0.25, 0.3) is 0 Å². The van der Waals surface area contributed by atoms with Crippen LogP contribution in [0, 0.1) is 0 Å². The first-order chi connectivity index (χ1) is 13.8. The van der Waals surface area contributed by atoms with Crippen LogP contribution in [0.25, 0.3) is 0 Å². The summed E-state index contributed by atoms with van der Waals surface area (Å²) < 4.78 is 5.60. The lowest BCUT2D eigenvalue weighted by atomic mass is 9.96. The van der Waals surface area contributed by atoms with Gasteiger partial charge in [-0.25, -0.2) is 0 Å². The van der Waals surface area contributed by atoms with Crippen molar-refractivity contribution in [1.29, 1.82) is 0 Å². The number of aliphatic imine (C=N–C) groups is 1. The lowest BCUT2D eigenvalue weighted by Gasteiger charge is -2.42. The van der Waals surface area contributed by atoms with Gasteiger partial charge in [-0.1, -0.05) is 30.3 Å². The third kappa shape index (κ3) is 5.60. The van der Waals surface area contributed by atoms with Crippen molar-refractivity contribution in [2.75, 3.05) is 64.0 Å². The van der Waals surface area contributed by atoms with Crippen molar-refractivity contribution >= 4 is 41.7 Å². The number of rotatable bonds is 5. The lowest BCUT2D eigenvalue weighted by Crippen LogP contribution is -2.56. The molecule has 3 aliphatic heterocycles. The molecule has 3 heterocycles. The summed E-state index contributed by atoms with van der Waals surface area (Å²) in [7, 11) is 0. The summed E-state index contributed by atoms with van der Waals surface area (Å²) in [5, 5.41) is 3.57. The fraction of sp³-hybridized carbons (Fsp3) is 0.682. The largest absolute Gasteiger partial charge is 0.379 e. The van der Waals surface area contributed by atoms with E-state index in [9.17, 15) is 0 Å². The Bertz CT molecular complexity index is 647. The molecule has 5 nitrogen and oxygen atoms in total. The quantitative estimate of drug-likeness (QED) is 0.360. The molecule has 0 saturated carbocycles. The lowest BCUT2D eigenvalue weighted by molar-refractivity contribution is -0.0105. The predicted octanol–water partition coefficient (Wildman–Crippen LogP) is 3.27. The van der Waals surface area contributed by atoms with Crippen LogP contribution in [0.5, 0.6) is 0 Å². The smallest absolute Gasteiger partial charge is 0.194 e. The van der Waals surface area contributed by atoms with Gasteiger partial charge in [-0.2, -0.15) is 11.8 Å². The van der Waals surface area contributed by atoms with Crippen molar-refractivity contribution in [2.24, 2.45) is 4.99 Å². The second-order valence-electron chi connectivity index (χ2n) is 8.14. The third-order valence-corrected chi connectivity index (χ3v) is 7.62. The maximum absolute atomic E-state index is 5.60. The summed E-state index contributed by atoms with van der Waals surface area (Å²) in [5.41, 5.74) is 1.67. The zero-order valence-electron chi connectivity index (χ0n) is 17.5. The molecular weight excluding hydrogens is 495 g/mol. The van der Waals surface area contributed by atoms with Gasteiger partial charge in [-0.15, -0.1) is 24.0 Å². The number of ether oxygens (including phenoxy) is 1. The highest BCUT2D eigenvalue weighted by Gasteiger charge is 2.41. The second kappa shape index (κ2) is 11.2. The minimum absolute atomic E-state index is 0. The van der Waals surface area contributed by atoms with Crippen LogP contribution in [0.3, 0.4) is 0 Å². The summed E-state index contributed by atoms with van der Waals surface area (Å²) in [5.74, 6) is 4.16. The molecule has 3 aliphatic rings. The molecule has 0 aliphatic carbocycles. The van der Waals surface area contributed by atoms with Gasteiger partial charge in [0.2, 0.25) is 0 Å². The molecule has 2 unspecified atom stereocenters. The number of nitrogens with zero attached hydrogens (tertiary/aromatic N) is 3. The Morgan fingerprint density at radius 1 is 1.24 bits per heavy atom. The Balaban J connectivity index is 0.00000240. The molecule has 7 heteroatoms. The summed E-state index contributed by atoms with van der Waals surface area (Å²) >= 11 is 2.08. The Morgan fingerprint density at radius 2 is 2.03 bits per heavy atom. The van der Waals surface area contributed by atoms with Crippen molar-refractivity contribution in [3.63, 3.8) is 0 Å². The second-order valence-corrected chi connectivity index (χ2v) is 9.24. The molecule has 1 aromatic carbocycles. The van der Waals surface area contributed by atoms with Gasteiger partial charge in [0.1, 0.15) is 0 Å². The number of morpholine rings is 1. The van der Waals surface area contributed by atoms with Gasteiger partial charge in [-0.05, 0) is 31.1 Å². The van der Waals surface area contributed by atoms with Gasteiger partial charge in [-0.3, -0.25) is 9.89 Å². The first-order valence-electron chi connectivity index (χ1n) is 10.8. The maximum atomic E-state index is 5.60. The van der Waals surface area contributed by atoms with Crippen LogP contribution in [0.15, 0.2) is 35.3 Å². The van der Waals surface area contributed by atoms with Crippen LogP contribution in [0.4, 0.5) is 0 Å². The number of hydrogen-bond acceptors (Lipinski definition) is 4. The number of benzene rings is 1. The SMILES string of the molecule is CCNC(=NCC1(N2CCOCC2)CCSC1)N1CCC(c2ccccc2)C1.I. The van der Waals surface area contributed by atoms with E-state index < -0.39 is 0 Å². The van der Waals surface area contributed by atoms with Gasteiger partial charge in [0, 0.05) is 44.4 Å². The number of halogens is 1. The first kappa shape index (κ1) is 23.2. The molecule has 3 fully saturated rings. The molecule has 0 spiro atoms. The molecule has 162 valence electrons.